The van der Waals surface area contributed by atoms with Gasteiger partial charge in [-0.2, -0.15) is 0 Å². The van der Waals surface area contributed by atoms with E-state index in [0.717, 1.165) is 42.5 Å². The molecule has 5 nitrogen and oxygen atoms in total. The zero-order chi connectivity index (χ0) is 20.3. The summed E-state index contributed by atoms with van der Waals surface area (Å²) in [5.41, 5.74) is 3.94. The van der Waals surface area contributed by atoms with Crippen molar-refractivity contribution < 1.29 is 4.74 Å². The number of aromatic amines is 1. The van der Waals surface area contributed by atoms with Crippen molar-refractivity contribution in [2.75, 3.05) is 19.7 Å². The highest BCUT2D eigenvalue weighted by Crippen LogP contribution is 2.19. The second-order valence-corrected chi connectivity index (χ2v) is 8.63. The fourth-order valence-electron chi connectivity index (χ4n) is 3.50. The van der Waals surface area contributed by atoms with Crippen LogP contribution in [0, 0.1) is 19.8 Å². The third kappa shape index (κ3) is 5.11. The van der Waals surface area contributed by atoms with Crippen LogP contribution in [0.4, 0.5) is 0 Å². The molecule has 0 radical (unpaired) electrons. The van der Waals surface area contributed by atoms with Crippen LogP contribution in [-0.4, -0.2) is 40.8 Å². The number of nitrogens with one attached hydrogen (secondary N) is 2. The number of benzene rings is 1. The number of thiocarbonyl (C=S) groups is 1. The lowest BCUT2D eigenvalue weighted by Crippen LogP contribution is -2.44. The Bertz CT molecular complexity index is 901. The summed E-state index contributed by atoms with van der Waals surface area (Å²) in [7, 11) is 0. The zero-order valence-electron chi connectivity index (χ0n) is 17.3. The molecule has 1 aromatic heterocycles. The van der Waals surface area contributed by atoms with Gasteiger partial charge < -0.3 is 19.9 Å². The molecular weight excluding hydrogens is 370 g/mol. The lowest BCUT2D eigenvalue weighted by molar-refractivity contribution is 0.0896. The van der Waals surface area contributed by atoms with Crippen LogP contribution < -0.4 is 10.9 Å². The largest absolute Gasteiger partial charge is 0.376 e. The molecule has 1 aliphatic heterocycles. The summed E-state index contributed by atoms with van der Waals surface area (Å²) in [4.78, 5) is 17.8. The average Bonchev–Trinajstić information content (AvgIpc) is 3.14. The first-order valence-electron chi connectivity index (χ1n) is 10.1. The summed E-state index contributed by atoms with van der Waals surface area (Å²) in [5.74, 6) is 0.498. The first kappa shape index (κ1) is 20.8. The molecule has 3 rings (SSSR count). The molecule has 0 unspecified atom stereocenters. The van der Waals surface area contributed by atoms with Gasteiger partial charge in [0, 0.05) is 30.8 Å². The summed E-state index contributed by atoms with van der Waals surface area (Å²) in [6, 6.07) is 6.16. The quantitative estimate of drug-likeness (QED) is 0.724. The van der Waals surface area contributed by atoms with Crippen LogP contribution in [-0.2, 0) is 11.3 Å². The third-order valence-corrected chi connectivity index (χ3v) is 5.70. The molecule has 2 aromatic rings. The minimum absolute atomic E-state index is 0.0558. The monoisotopic (exact) mass is 401 g/mol. The van der Waals surface area contributed by atoms with Crippen LogP contribution in [0.3, 0.4) is 0 Å². The zero-order valence-corrected chi connectivity index (χ0v) is 18.1. The molecule has 1 aliphatic rings. The molecule has 2 N–H and O–H groups in total. The predicted octanol–water partition coefficient (Wildman–Crippen LogP) is 3.66. The van der Waals surface area contributed by atoms with E-state index in [9.17, 15) is 4.79 Å². The van der Waals surface area contributed by atoms with Crippen molar-refractivity contribution >= 4 is 28.2 Å². The van der Waals surface area contributed by atoms with Gasteiger partial charge in [-0.05, 0) is 79.5 Å². The Hall–Kier alpha value is -1.92. The van der Waals surface area contributed by atoms with E-state index >= 15 is 0 Å². The van der Waals surface area contributed by atoms with E-state index < -0.39 is 0 Å². The first-order chi connectivity index (χ1) is 13.3. The van der Waals surface area contributed by atoms with Gasteiger partial charge in [0.25, 0.3) is 5.56 Å². The van der Waals surface area contributed by atoms with Gasteiger partial charge in [0.1, 0.15) is 0 Å². The van der Waals surface area contributed by atoms with E-state index in [-0.39, 0.29) is 11.7 Å². The van der Waals surface area contributed by atoms with Gasteiger partial charge in [0.15, 0.2) is 5.11 Å². The number of H-pyrrole nitrogens is 1. The third-order valence-electron chi connectivity index (χ3n) is 5.29. The Morgan fingerprint density at radius 2 is 2.07 bits per heavy atom. The molecule has 28 heavy (non-hydrogen) atoms. The number of aromatic nitrogens is 1. The molecule has 1 aromatic carbocycles. The highest BCUT2D eigenvalue weighted by molar-refractivity contribution is 7.80. The van der Waals surface area contributed by atoms with E-state index in [1.807, 2.05) is 12.1 Å². The highest BCUT2D eigenvalue weighted by atomic mass is 32.1. The van der Waals surface area contributed by atoms with Crippen LogP contribution in [0.15, 0.2) is 23.0 Å². The fraction of sp³-hybridized carbons (Fsp3) is 0.545. The number of pyridine rings is 1. The van der Waals surface area contributed by atoms with Gasteiger partial charge in [-0.15, -0.1) is 0 Å². The fourth-order valence-corrected chi connectivity index (χ4v) is 3.72. The summed E-state index contributed by atoms with van der Waals surface area (Å²) >= 11 is 5.65. The number of nitrogens with zero attached hydrogens (tertiary/aromatic N) is 1. The number of aryl methyl sites for hydroxylation is 2. The second-order valence-electron chi connectivity index (χ2n) is 8.24. The number of ether oxygens (including phenoxy) is 1. The molecule has 152 valence electrons. The molecule has 6 heteroatoms. The van der Waals surface area contributed by atoms with E-state index in [1.54, 1.807) is 0 Å². The molecule has 0 amide bonds. The topological polar surface area (TPSA) is 57.4 Å². The summed E-state index contributed by atoms with van der Waals surface area (Å²) < 4.78 is 5.81. The number of rotatable bonds is 6. The summed E-state index contributed by atoms with van der Waals surface area (Å²) in [6.07, 6.45) is 2.29. The van der Waals surface area contributed by atoms with Crippen molar-refractivity contribution in [3.8, 4) is 0 Å². The maximum absolute atomic E-state index is 12.7. The lowest BCUT2D eigenvalue weighted by Gasteiger charge is -2.28. The SMILES string of the molecule is Cc1cc2cc(CN(C[C@H]3CCCO3)C(=S)NCC(C)C)c(=O)[nH]c2cc1C. The first-order valence-corrected chi connectivity index (χ1v) is 10.5. The molecule has 2 heterocycles. The maximum Gasteiger partial charge on any atom is 0.253 e. The van der Waals surface area contributed by atoms with E-state index in [1.165, 1.54) is 11.1 Å². The Kier molecular flexibility index (Phi) is 6.73. The highest BCUT2D eigenvalue weighted by Gasteiger charge is 2.22. The van der Waals surface area contributed by atoms with Crippen LogP contribution in [0.25, 0.3) is 10.9 Å². The normalized spacial score (nSPS) is 16.7. The van der Waals surface area contributed by atoms with Crippen molar-refractivity contribution in [2.45, 2.75) is 53.2 Å². The summed E-state index contributed by atoms with van der Waals surface area (Å²) in [5, 5.41) is 5.07. The second kappa shape index (κ2) is 9.05. The lowest BCUT2D eigenvalue weighted by atomic mass is 10.0. The van der Waals surface area contributed by atoms with Gasteiger partial charge >= 0.3 is 0 Å². The Labute approximate surface area is 172 Å². The minimum Gasteiger partial charge on any atom is -0.376 e. The van der Waals surface area contributed by atoms with Crippen molar-refractivity contribution in [2.24, 2.45) is 5.92 Å². The molecular formula is C22H31N3O2S. The number of hydrogen-bond donors (Lipinski definition) is 2. The average molecular weight is 402 g/mol. The Balaban J connectivity index is 1.85. The van der Waals surface area contributed by atoms with Gasteiger partial charge in [0.05, 0.1) is 12.6 Å². The minimum atomic E-state index is -0.0558. The van der Waals surface area contributed by atoms with Crippen molar-refractivity contribution in [1.29, 1.82) is 0 Å². The van der Waals surface area contributed by atoms with Crippen molar-refractivity contribution in [3.63, 3.8) is 0 Å². The molecule has 1 saturated heterocycles. The smallest absolute Gasteiger partial charge is 0.253 e. The van der Waals surface area contributed by atoms with Crippen molar-refractivity contribution in [3.05, 3.63) is 45.2 Å². The molecule has 0 bridgehead atoms. The van der Waals surface area contributed by atoms with E-state index in [2.05, 4.69) is 49.0 Å². The predicted molar refractivity (Wildman–Crippen MR) is 119 cm³/mol. The molecule has 1 fully saturated rings. The maximum atomic E-state index is 12.7. The van der Waals surface area contributed by atoms with Gasteiger partial charge in [-0.1, -0.05) is 13.8 Å². The van der Waals surface area contributed by atoms with Gasteiger partial charge in [0.2, 0.25) is 0 Å². The summed E-state index contributed by atoms with van der Waals surface area (Å²) in [6.45, 7) is 11.2. The van der Waals surface area contributed by atoms with Crippen molar-refractivity contribution in [1.82, 2.24) is 15.2 Å². The van der Waals surface area contributed by atoms with Crippen LogP contribution in [0.5, 0.6) is 0 Å². The van der Waals surface area contributed by atoms with E-state index in [4.69, 9.17) is 17.0 Å². The Morgan fingerprint density at radius 3 is 2.75 bits per heavy atom. The van der Waals surface area contributed by atoms with Crippen LogP contribution in [0.2, 0.25) is 0 Å². The Morgan fingerprint density at radius 1 is 1.32 bits per heavy atom. The standard InChI is InChI=1S/C22H31N3O2S/c1-14(2)11-23-22(28)25(13-19-6-5-7-27-19)12-18-10-17-8-15(3)16(4)9-20(17)24-21(18)26/h8-10,14,19H,5-7,11-13H2,1-4H3,(H,23,28)(H,24,26)/t19-/m1/s1. The molecule has 0 saturated carbocycles. The molecule has 0 spiro atoms. The number of hydrogen-bond acceptors (Lipinski definition) is 3. The molecule has 0 aliphatic carbocycles. The molecule has 1 atom stereocenters. The van der Waals surface area contributed by atoms with Gasteiger partial charge in [-0.25, -0.2) is 0 Å². The van der Waals surface area contributed by atoms with Gasteiger partial charge in [-0.3, -0.25) is 4.79 Å². The van der Waals surface area contributed by atoms with Crippen LogP contribution in [0.1, 0.15) is 43.4 Å². The van der Waals surface area contributed by atoms with E-state index in [0.29, 0.717) is 24.1 Å². The van der Waals surface area contributed by atoms with Crippen LogP contribution >= 0.6 is 12.2 Å². The number of fused-ring (bicyclic) bond motifs is 1.